The molecule has 66 valence electrons. The van der Waals surface area contributed by atoms with Crippen molar-refractivity contribution in [2.75, 3.05) is 6.26 Å². The molecule has 0 rings (SSSR count). The van der Waals surface area contributed by atoms with Gasteiger partial charge in [-0.05, 0) is 12.7 Å². The molecular weight excluding hydrogens is 182 g/mol. The molecule has 0 saturated heterocycles. The van der Waals surface area contributed by atoms with Gasteiger partial charge in [-0.1, -0.05) is 13.8 Å². The summed E-state index contributed by atoms with van der Waals surface area (Å²) in [4.78, 5) is 10.6. The number of primary amides is 1. The van der Waals surface area contributed by atoms with Crippen LogP contribution in [0.3, 0.4) is 0 Å². The highest BCUT2D eigenvalue weighted by molar-refractivity contribution is 7.99. The van der Waals surface area contributed by atoms with Crippen molar-refractivity contribution in [2.24, 2.45) is 5.73 Å². The second-order valence-electron chi connectivity index (χ2n) is 3.04. The van der Waals surface area contributed by atoms with E-state index in [9.17, 15) is 4.79 Å². The molecule has 0 aromatic heterocycles. The second kappa shape index (κ2) is 4.21. The number of hydrogen-bond donors (Lipinski definition) is 1. The number of rotatable bonds is 4. The van der Waals surface area contributed by atoms with Gasteiger partial charge in [-0.25, -0.2) is 0 Å². The molecule has 0 heterocycles. The van der Waals surface area contributed by atoms with Crippen molar-refractivity contribution < 1.29 is 4.79 Å². The summed E-state index contributed by atoms with van der Waals surface area (Å²) in [5.41, 5.74) is 5.02. The van der Waals surface area contributed by atoms with Gasteiger partial charge in [0.1, 0.15) is 5.38 Å². The molecule has 2 nitrogen and oxygen atoms in total. The van der Waals surface area contributed by atoms with Crippen molar-refractivity contribution in [1.82, 2.24) is 0 Å². The molecule has 0 aliphatic carbocycles. The van der Waals surface area contributed by atoms with Crippen LogP contribution in [0.25, 0.3) is 0 Å². The van der Waals surface area contributed by atoms with Crippen LogP contribution in [0.2, 0.25) is 0 Å². The number of thioether (sulfide) groups is 1. The van der Waals surface area contributed by atoms with Gasteiger partial charge in [-0.15, -0.1) is 11.6 Å². The van der Waals surface area contributed by atoms with Crippen molar-refractivity contribution in [3.05, 3.63) is 0 Å². The largest absolute Gasteiger partial charge is 0.368 e. The zero-order chi connectivity index (χ0) is 9.07. The van der Waals surface area contributed by atoms with E-state index in [0.717, 1.165) is 0 Å². The molecule has 0 fully saturated rings. The minimum absolute atomic E-state index is 0.0292. The molecule has 0 aliphatic heterocycles. The Morgan fingerprint density at radius 1 is 1.73 bits per heavy atom. The minimum atomic E-state index is -0.544. The van der Waals surface area contributed by atoms with E-state index in [-0.39, 0.29) is 4.75 Å². The Balaban J connectivity index is 3.93. The van der Waals surface area contributed by atoms with Gasteiger partial charge in [0, 0.05) is 4.75 Å². The van der Waals surface area contributed by atoms with Crippen LogP contribution >= 0.6 is 23.4 Å². The predicted octanol–water partition coefficient (Wildman–Crippen LogP) is 1.61. The van der Waals surface area contributed by atoms with Crippen molar-refractivity contribution in [1.29, 1.82) is 0 Å². The van der Waals surface area contributed by atoms with Gasteiger partial charge in [0.25, 0.3) is 0 Å². The Kier molecular flexibility index (Phi) is 4.26. The fourth-order valence-corrected chi connectivity index (χ4v) is 1.43. The Morgan fingerprint density at radius 3 is 2.45 bits per heavy atom. The molecule has 0 saturated carbocycles. The quantitative estimate of drug-likeness (QED) is 0.693. The summed E-state index contributed by atoms with van der Waals surface area (Å²) < 4.78 is 0.0292. The maximum atomic E-state index is 10.6. The van der Waals surface area contributed by atoms with Crippen LogP contribution in [0, 0.1) is 0 Å². The summed E-state index contributed by atoms with van der Waals surface area (Å²) in [6.45, 7) is 4.08. The number of amides is 1. The fraction of sp³-hybridized carbons (Fsp3) is 0.857. The zero-order valence-corrected chi connectivity index (χ0v) is 8.63. The Morgan fingerprint density at radius 2 is 2.18 bits per heavy atom. The maximum Gasteiger partial charge on any atom is 0.235 e. The van der Waals surface area contributed by atoms with Gasteiger partial charge >= 0.3 is 0 Å². The lowest BCUT2D eigenvalue weighted by Crippen LogP contribution is -2.30. The monoisotopic (exact) mass is 195 g/mol. The second-order valence-corrected chi connectivity index (χ2v) is 5.08. The maximum absolute atomic E-state index is 10.6. The van der Waals surface area contributed by atoms with Crippen molar-refractivity contribution >= 4 is 29.3 Å². The van der Waals surface area contributed by atoms with Gasteiger partial charge in [-0.3, -0.25) is 4.79 Å². The molecule has 11 heavy (non-hydrogen) atoms. The fourth-order valence-electron chi connectivity index (χ4n) is 0.616. The lowest BCUT2D eigenvalue weighted by atomic mass is 10.1. The van der Waals surface area contributed by atoms with E-state index < -0.39 is 11.3 Å². The van der Waals surface area contributed by atoms with Crippen LogP contribution in [-0.4, -0.2) is 22.3 Å². The molecule has 0 aromatic carbocycles. The predicted molar refractivity (Wildman–Crippen MR) is 51.0 cm³/mol. The van der Waals surface area contributed by atoms with Crippen molar-refractivity contribution in [2.45, 2.75) is 30.4 Å². The molecule has 4 heteroatoms. The summed E-state index contributed by atoms with van der Waals surface area (Å²) >= 11 is 7.37. The van der Waals surface area contributed by atoms with Gasteiger partial charge < -0.3 is 5.73 Å². The molecule has 0 aliphatic rings. The first-order valence-corrected chi connectivity index (χ1v) is 5.04. The standard InChI is InChI=1S/C7H14ClNOS/c1-7(2,11-3)4-5(8)6(9)10/h5H,4H2,1-3H3,(H2,9,10). The van der Waals surface area contributed by atoms with Gasteiger partial charge in [0.2, 0.25) is 5.91 Å². The lowest BCUT2D eigenvalue weighted by Gasteiger charge is -2.23. The Bertz CT molecular complexity index is 149. The molecule has 1 amide bonds. The van der Waals surface area contributed by atoms with E-state index in [0.29, 0.717) is 6.42 Å². The third kappa shape index (κ3) is 4.53. The number of nitrogens with two attached hydrogens (primary N) is 1. The molecular formula is C7H14ClNOS. The number of carbonyl (C=O) groups excluding carboxylic acids is 1. The van der Waals surface area contributed by atoms with E-state index in [1.54, 1.807) is 11.8 Å². The topological polar surface area (TPSA) is 43.1 Å². The van der Waals surface area contributed by atoms with Crippen molar-refractivity contribution in [3.8, 4) is 0 Å². The summed E-state index contributed by atoms with van der Waals surface area (Å²) in [7, 11) is 0. The summed E-state index contributed by atoms with van der Waals surface area (Å²) in [5.74, 6) is -0.436. The van der Waals surface area contributed by atoms with Crippen LogP contribution < -0.4 is 5.73 Å². The average molecular weight is 196 g/mol. The smallest absolute Gasteiger partial charge is 0.235 e. The third-order valence-corrected chi connectivity index (χ3v) is 3.17. The molecule has 1 unspecified atom stereocenters. The van der Waals surface area contributed by atoms with Crippen LogP contribution in [0.15, 0.2) is 0 Å². The van der Waals surface area contributed by atoms with Gasteiger partial charge in [0.15, 0.2) is 0 Å². The van der Waals surface area contributed by atoms with Crippen molar-refractivity contribution in [3.63, 3.8) is 0 Å². The van der Waals surface area contributed by atoms with Crippen LogP contribution in [0.4, 0.5) is 0 Å². The molecule has 0 radical (unpaired) electrons. The number of halogens is 1. The van der Waals surface area contributed by atoms with Gasteiger partial charge in [-0.2, -0.15) is 11.8 Å². The SMILES string of the molecule is CSC(C)(C)CC(Cl)C(N)=O. The molecule has 1 atom stereocenters. The highest BCUT2D eigenvalue weighted by Crippen LogP contribution is 2.28. The van der Waals surface area contributed by atoms with Gasteiger partial charge in [0.05, 0.1) is 0 Å². The highest BCUT2D eigenvalue weighted by atomic mass is 35.5. The molecule has 0 spiro atoms. The number of carbonyl (C=O) groups is 1. The third-order valence-electron chi connectivity index (χ3n) is 1.53. The number of alkyl halides is 1. The molecule has 0 aromatic rings. The zero-order valence-electron chi connectivity index (χ0n) is 7.06. The van der Waals surface area contributed by atoms with E-state index in [1.165, 1.54) is 0 Å². The average Bonchev–Trinajstić information content (AvgIpc) is 1.87. The Labute approximate surface area is 76.9 Å². The van der Waals surface area contributed by atoms with E-state index in [2.05, 4.69) is 0 Å². The first-order valence-electron chi connectivity index (χ1n) is 3.37. The first-order chi connectivity index (χ1) is 4.89. The normalized spacial score (nSPS) is 14.5. The first kappa shape index (κ1) is 11.1. The molecule has 0 bridgehead atoms. The van der Waals surface area contributed by atoms with Crippen LogP contribution in [0.1, 0.15) is 20.3 Å². The van der Waals surface area contributed by atoms with Crippen LogP contribution in [0.5, 0.6) is 0 Å². The van der Waals surface area contributed by atoms with E-state index in [1.807, 2.05) is 20.1 Å². The summed E-state index contributed by atoms with van der Waals surface area (Å²) in [6.07, 6.45) is 2.61. The minimum Gasteiger partial charge on any atom is -0.368 e. The highest BCUT2D eigenvalue weighted by Gasteiger charge is 2.23. The van der Waals surface area contributed by atoms with E-state index >= 15 is 0 Å². The molecule has 2 N–H and O–H groups in total. The lowest BCUT2D eigenvalue weighted by molar-refractivity contribution is -0.117. The Hall–Kier alpha value is 0.110. The number of hydrogen-bond acceptors (Lipinski definition) is 2. The van der Waals surface area contributed by atoms with Crippen LogP contribution in [-0.2, 0) is 4.79 Å². The van der Waals surface area contributed by atoms with E-state index in [4.69, 9.17) is 17.3 Å². The summed E-state index contributed by atoms with van der Waals surface area (Å²) in [5, 5.41) is -0.544. The summed E-state index contributed by atoms with van der Waals surface area (Å²) in [6, 6.07) is 0.